The second kappa shape index (κ2) is 11.0. The van der Waals surface area contributed by atoms with Crippen LogP contribution in [0.25, 0.3) is 10.9 Å². The fourth-order valence-electron chi connectivity index (χ4n) is 3.11. The quantitative estimate of drug-likeness (QED) is 0.245. The average Bonchev–Trinajstić information content (AvgIpc) is 3.09. The molecule has 3 aromatic rings. The van der Waals surface area contributed by atoms with E-state index < -0.39 is 6.61 Å². The van der Waals surface area contributed by atoms with Crippen molar-refractivity contribution < 1.29 is 13.5 Å². The molecule has 0 saturated heterocycles. The van der Waals surface area contributed by atoms with E-state index in [2.05, 4.69) is 31.4 Å². The number of hydrogen-bond donors (Lipinski definition) is 3. The predicted molar refractivity (Wildman–Crippen MR) is 123 cm³/mol. The number of benzene rings is 2. The molecule has 0 saturated carbocycles. The van der Waals surface area contributed by atoms with E-state index in [1.54, 1.807) is 19.2 Å². The van der Waals surface area contributed by atoms with Gasteiger partial charge in [0.05, 0.1) is 0 Å². The van der Waals surface area contributed by atoms with Crippen molar-refractivity contribution >= 4 is 40.8 Å². The predicted octanol–water partition coefficient (Wildman–Crippen LogP) is 4.60. The molecule has 0 atom stereocenters. The smallest absolute Gasteiger partial charge is 0.387 e. The number of guanidine groups is 1. The van der Waals surface area contributed by atoms with E-state index in [9.17, 15) is 8.78 Å². The van der Waals surface area contributed by atoms with Gasteiger partial charge < -0.3 is 20.4 Å². The van der Waals surface area contributed by atoms with Gasteiger partial charge in [-0.15, -0.1) is 24.0 Å². The fourth-order valence-corrected chi connectivity index (χ4v) is 3.11. The third-order valence-electron chi connectivity index (χ3n) is 4.46. The Kier molecular flexibility index (Phi) is 8.69. The number of aryl methyl sites for hydroxylation is 1. The Balaban J connectivity index is 0.00000300. The second-order valence-corrected chi connectivity index (χ2v) is 6.45. The van der Waals surface area contributed by atoms with Crippen LogP contribution in [-0.4, -0.2) is 31.1 Å². The molecule has 156 valence electrons. The van der Waals surface area contributed by atoms with Crippen molar-refractivity contribution in [2.75, 3.05) is 13.6 Å². The van der Waals surface area contributed by atoms with Gasteiger partial charge in [-0.2, -0.15) is 8.78 Å². The standard InChI is InChI=1S/C21H24F2N4O.HI/c1-14-7-8-19(28-20(22)23)16(11-14)13-27-21(24-2)25-10-9-15-12-26-18-6-4-3-5-17(15)18;/h3-8,11-12,20,26H,9-10,13H2,1-2H3,(H2,24,25,27);1H. The van der Waals surface area contributed by atoms with Gasteiger partial charge in [0.25, 0.3) is 0 Å². The lowest BCUT2D eigenvalue weighted by Crippen LogP contribution is -2.38. The van der Waals surface area contributed by atoms with E-state index >= 15 is 0 Å². The molecule has 0 unspecified atom stereocenters. The number of nitrogens with one attached hydrogen (secondary N) is 3. The summed E-state index contributed by atoms with van der Waals surface area (Å²) >= 11 is 0. The Morgan fingerprint density at radius 3 is 2.69 bits per heavy atom. The number of hydrogen-bond acceptors (Lipinski definition) is 2. The highest BCUT2D eigenvalue weighted by Crippen LogP contribution is 2.22. The zero-order valence-corrected chi connectivity index (χ0v) is 18.7. The third-order valence-corrected chi connectivity index (χ3v) is 4.46. The number of aromatic nitrogens is 1. The van der Waals surface area contributed by atoms with Gasteiger partial charge in [-0.05, 0) is 31.0 Å². The Morgan fingerprint density at radius 2 is 1.93 bits per heavy atom. The van der Waals surface area contributed by atoms with Gasteiger partial charge in [0, 0.05) is 42.8 Å². The Labute approximate surface area is 186 Å². The SMILES string of the molecule is CN=C(NCCc1c[nH]c2ccccc12)NCc1cc(C)ccc1OC(F)F.I. The second-order valence-electron chi connectivity index (χ2n) is 6.45. The molecule has 0 aliphatic rings. The molecule has 0 aliphatic heterocycles. The summed E-state index contributed by atoms with van der Waals surface area (Å²) in [6, 6.07) is 13.3. The van der Waals surface area contributed by atoms with E-state index in [1.807, 2.05) is 37.4 Å². The molecule has 2 aromatic carbocycles. The van der Waals surface area contributed by atoms with Crippen LogP contribution >= 0.6 is 24.0 Å². The number of H-pyrrole nitrogens is 1. The van der Waals surface area contributed by atoms with Gasteiger partial charge in [-0.3, -0.25) is 4.99 Å². The molecule has 0 aliphatic carbocycles. The highest BCUT2D eigenvalue weighted by atomic mass is 127. The zero-order chi connectivity index (χ0) is 19.9. The van der Waals surface area contributed by atoms with Gasteiger partial charge in [0.2, 0.25) is 0 Å². The molecule has 8 heteroatoms. The Hall–Kier alpha value is -2.36. The topological polar surface area (TPSA) is 61.4 Å². The molecule has 1 aromatic heterocycles. The van der Waals surface area contributed by atoms with Gasteiger partial charge >= 0.3 is 6.61 Å². The molecule has 0 amide bonds. The van der Waals surface area contributed by atoms with Crippen LogP contribution < -0.4 is 15.4 Å². The molecule has 0 spiro atoms. The van der Waals surface area contributed by atoms with Crippen molar-refractivity contribution in [3.8, 4) is 5.75 Å². The molecule has 1 heterocycles. The van der Waals surface area contributed by atoms with Crippen LogP contribution in [0.5, 0.6) is 5.75 Å². The van der Waals surface area contributed by atoms with Crippen molar-refractivity contribution in [1.29, 1.82) is 0 Å². The van der Waals surface area contributed by atoms with Gasteiger partial charge in [0.15, 0.2) is 5.96 Å². The van der Waals surface area contributed by atoms with Crippen LogP contribution in [0.3, 0.4) is 0 Å². The highest BCUT2D eigenvalue weighted by Gasteiger charge is 2.10. The highest BCUT2D eigenvalue weighted by molar-refractivity contribution is 14.0. The van der Waals surface area contributed by atoms with Crippen LogP contribution in [0.1, 0.15) is 16.7 Å². The molecule has 3 rings (SSSR count). The maximum Gasteiger partial charge on any atom is 0.387 e. The third kappa shape index (κ3) is 6.31. The van der Waals surface area contributed by atoms with Gasteiger partial charge in [-0.1, -0.05) is 35.9 Å². The maximum atomic E-state index is 12.6. The molecule has 0 fully saturated rings. The summed E-state index contributed by atoms with van der Waals surface area (Å²) in [5, 5.41) is 7.61. The number of aromatic amines is 1. The first-order valence-electron chi connectivity index (χ1n) is 9.10. The number of halogens is 3. The lowest BCUT2D eigenvalue weighted by molar-refractivity contribution is -0.0504. The summed E-state index contributed by atoms with van der Waals surface area (Å²) in [7, 11) is 1.67. The summed E-state index contributed by atoms with van der Waals surface area (Å²) < 4.78 is 29.8. The van der Waals surface area contributed by atoms with E-state index in [0.29, 0.717) is 24.6 Å². The lowest BCUT2D eigenvalue weighted by Gasteiger charge is -2.15. The monoisotopic (exact) mass is 514 g/mol. The minimum Gasteiger partial charge on any atom is -0.434 e. The Bertz CT molecular complexity index is 959. The first-order chi connectivity index (χ1) is 13.6. The summed E-state index contributed by atoms with van der Waals surface area (Å²) in [4.78, 5) is 7.46. The van der Waals surface area contributed by atoms with Crippen molar-refractivity contribution in [2.24, 2.45) is 4.99 Å². The first-order valence-corrected chi connectivity index (χ1v) is 9.10. The van der Waals surface area contributed by atoms with Crippen molar-refractivity contribution in [3.05, 3.63) is 65.4 Å². The number of fused-ring (bicyclic) bond motifs is 1. The summed E-state index contributed by atoms with van der Waals surface area (Å²) in [5.41, 5.74) is 3.97. The number of alkyl halides is 2. The van der Waals surface area contributed by atoms with Crippen molar-refractivity contribution in [1.82, 2.24) is 15.6 Å². The van der Waals surface area contributed by atoms with E-state index in [1.165, 1.54) is 10.9 Å². The minimum atomic E-state index is -2.85. The van der Waals surface area contributed by atoms with Crippen LogP contribution in [0, 0.1) is 6.92 Å². The normalized spacial score (nSPS) is 11.4. The molecular weight excluding hydrogens is 489 g/mol. The number of nitrogens with zero attached hydrogens (tertiary/aromatic N) is 1. The Morgan fingerprint density at radius 1 is 1.14 bits per heavy atom. The van der Waals surface area contributed by atoms with Crippen molar-refractivity contribution in [3.63, 3.8) is 0 Å². The van der Waals surface area contributed by atoms with E-state index in [4.69, 9.17) is 0 Å². The number of aliphatic imine (C=N–C) groups is 1. The first kappa shape index (κ1) is 22.9. The van der Waals surface area contributed by atoms with Crippen LogP contribution in [-0.2, 0) is 13.0 Å². The van der Waals surface area contributed by atoms with Gasteiger partial charge in [0.1, 0.15) is 5.75 Å². The molecule has 29 heavy (non-hydrogen) atoms. The minimum absolute atomic E-state index is 0. The fraction of sp³-hybridized carbons (Fsp3) is 0.286. The molecule has 0 bridgehead atoms. The van der Waals surface area contributed by atoms with Gasteiger partial charge in [-0.25, -0.2) is 0 Å². The summed E-state index contributed by atoms with van der Waals surface area (Å²) in [5.74, 6) is 0.770. The summed E-state index contributed by atoms with van der Waals surface area (Å²) in [6.07, 6.45) is 2.85. The van der Waals surface area contributed by atoms with Crippen LogP contribution in [0.4, 0.5) is 8.78 Å². The zero-order valence-electron chi connectivity index (χ0n) is 16.3. The summed E-state index contributed by atoms with van der Waals surface area (Å²) in [6.45, 7) is 0.0749. The van der Waals surface area contributed by atoms with E-state index in [-0.39, 0.29) is 29.7 Å². The van der Waals surface area contributed by atoms with Crippen LogP contribution in [0.2, 0.25) is 0 Å². The maximum absolute atomic E-state index is 12.6. The largest absolute Gasteiger partial charge is 0.434 e. The molecular formula is C21H25F2IN4O. The van der Waals surface area contributed by atoms with Crippen LogP contribution in [0.15, 0.2) is 53.7 Å². The van der Waals surface area contributed by atoms with Crippen molar-refractivity contribution in [2.45, 2.75) is 26.5 Å². The number of rotatable bonds is 7. The number of para-hydroxylation sites is 1. The molecule has 3 N–H and O–H groups in total. The molecule has 0 radical (unpaired) electrons. The number of ether oxygens (including phenoxy) is 1. The van der Waals surface area contributed by atoms with E-state index in [0.717, 1.165) is 17.5 Å². The molecule has 5 nitrogen and oxygen atoms in total. The average molecular weight is 514 g/mol. The lowest BCUT2D eigenvalue weighted by atomic mass is 10.1.